The van der Waals surface area contributed by atoms with Crippen LogP contribution in [0.1, 0.15) is 25.3 Å². The molecule has 0 atom stereocenters. The third kappa shape index (κ3) is 4.44. The van der Waals surface area contributed by atoms with Crippen molar-refractivity contribution in [1.29, 1.82) is 0 Å². The number of nitrogens with one attached hydrogen (secondary N) is 1. The van der Waals surface area contributed by atoms with Crippen molar-refractivity contribution in [2.75, 3.05) is 6.61 Å². The third-order valence-electron chi connectivity index (χ3n) is 3.24. The molecule has 0 heterocycles. The Kier molecular flexibility index (Phi) is 5.10. The molecule has 1 N–H and O–H groups in total. The van der Waals surface area contributed by atoms with Gasteiger partial charge in [0.2, 0.25) is 0 Å². The summed E-state index contributed by atoms with van der Waals surface area (Å²) in [7, 11) is 0. The van der Waals surface area contributed by atoms with Gasteiger partial charge in [0, 0.05) is 19.2 Å². The van der Waals surface area contributed by atoms with Gasteiger partial charge in [-0.15, -0.1) is 0 Å². The number of rotatable bonds is 7. The lowest BCUT2D eigenvalue weighted by molar-refractivity contribution is -0.0498. The van der Waals surface area contributed by atoms with Gasteiger partial charge in [0.05, 0.1) is 6.10 Å². The van der Waals surface area contributed by atoms with E-state index in [9.17, 15) is 8.78 Å². The SMILES string of the molecule is CCOC1CC(NCc2ccc(OC(F)F)cc2)C1. The summed E-state index contributed by atoms with van der Waals surface area (Å²) in [6, 6.07) is 7.21. The average molecular weight is 271 g/mol. The molecule has 5 heteroatoms. The largest absolute Gasteiger partial charge is 0.435 e. The summed E-state index contributed by atoms with van der Waals surface area (Å²) in [6.45, 7) is 0.736. The first-order chi connectivity index (χ1) is 9.17. The summed E-state index contributed by atoms with van der Waals surface area (Å²) in [5.74, 6) is 0.193. The van der Waals surface area contributed by atoms with Gasteiger partial charge in [-0.05, 0) is 37.5 Å². The number of halogens is 2. The minimum absolute atomic E-state index is 0.193. The van der Waals surface area contributed by atoms with Crippen molar-refractivity contribution in [1.82, 2.24) is 5.32 Å². The lowest BCUT2D eigenvalue weighted by Crippen LogP contribution is -2.45. The first-order valence-electron chi connectivity index (χ1n) is 6.56. The second-order valence-corrected chi connectivity index (χ2v) is 4.65. The van der Waals surface area contributed by atoms with Crippen LogP contribution in [0, 0.1) is 0 Å². The maximum atomic E-state index is 12.0. The molecular weight excluding hydrogens is 252 g/mol. The van der Waals surface area contributed by atoms with Crippen LogP contribution >= 0.6 is 0 Å². The molecule has 1 aromatic carbocycles. The fourth-order valence-corrected chi connectivity index (χ4v) is 2.16. The maximum absolute atomic E-state index is 12.0. The van der Waals surface area contributed by atoms with Gasteiger partial charge in [-0.1, -0.05) is 12.1 Å². The van der Waals surface area contributed by atoms with Gasteiger partial charge in [0.1, 0.15) is 5.75 Å². The Labute approximate surface area is 111 Å². The molecule has 106 valence electrons. The Morgan fingerprint density at radius 2 is 1.95 bits per heavy atom. The molecule has 0 unspecified atom stereocenters. The Bertz CT molecular complexity index is 378. The molecule has 0 aromatic heterocycles. The van der Waals surface area contributed by atoms with Gasteiger partial charge in [-0.2, -0.15) is 8.78 Å². The van der Waals surface area contributed by atoms with Crippen LogP contribution in [-0.2, 0) is 11.3 Å². The van der Waals surface area contributed by atoms with Gasteiger partial charge < -0.3 is 14.8 Å². The van der Waals surface area contributed by atoms with E-state index in [1.54, 1.807) is 24.3 Å². The topological polar surface area (TPSA) is 30.5 Å². The number of benzene rings is 1. The van der Waals surface area contributed by atoms with Crippen molar-refractivity contribution < 1.29 is 18.3 Å². The Morgan fingerprint density at radius 1 is 1.26 bits per heavy atom. The first-order valence-corrected chi connectivity index (χ1v) is 6.56. The zero-order valence-corrected chi connectivity index (χ0v) is 10.9. The van der Waals surface area contributed by atoms with Crippen molar-refractivity contribution in [3.05, 3.63) is 29.8 Å². The fraction of sp³-hybridized carbons (Fsp3) is 0.571. The maximum Gasteiger partial charge on any atom is 0.387 e. The predicted octanol–water partition coefficient (Wildman–Crippen LogP) is 2.95. The van der Waals surface area contributed by atoms with Crippen molar-refractivity contribution in [2.24, 2.45) is 0 Å². The number of ether oxygens (including phenoxy) is 2. The van der Waals surface area contributed by atoms with Gasteiger partial charge in [0.25, 0.3) is 0 Å². The summed E-state index contributed by atoms with van der Waals surface area (Å²) < 4.78 is 33.7. The molecule has 2 rings (SSSR count). The monoisotopic (exact) mass is 271 g/mol. The van der Waals surface area contributed by atoms with Crippen LogP contribution in [0.3, 0.4) is 0 Å². The molecule has 0 saturated heterocycles. The highest BCUT2D eigenvalue weighted by Gasteiger charge is 2.28. The molecule has 1 saturated carbocycles. The minimum Gasteiger partial charge on any atom is -0.435 e. The summed E-state index contributed by atoms with van der Waals surface area (Å²) in [5, 5.41) is 3.42. The van der Waals surface area contributed by atoms with E-state index in [4.69, 9.17) is 4.74 Å². The lowest BCUT2D eigenvalue weighted by Gasteiger charge is -2.35. The number of alkyl halides is 2. The van der Waals surface area contributed by atoms with Crippen LogP contribution < -0.4 is 10.1 Å². The standard InChI is InChI=1S/C14H19F2NO2/c1-2-18-13-7-11(8-13)17-9-10-3-5-12(6-4-10)19-14(15)16/h3-6,11,13-14,17H,2,7-9H2,1H3. The summed E-state index contributed by atoms with van der Waals surface area (Å²) in [5.41, 5.74) is 1.06. The van der Waals surface area contributed by atoms with Gasteiger partial charge in [0.15, 0.2) is 0 Å². The highest BCUT2D eigenvalue weighted by Crippen LogP contribution is 2.23. The van der Waals surface area contributed by atoms with Crippen LogP contribution in [-0.4, -0.2) is 25.4 Å². The molecule has 3 nitrogen and oxygen atoms in total. The molecule has 0 spiro atoms. The van der Waals surface area contributed by atoms with E-state index in [0.29, 0.717) is 12.1 Å². The fourth-order valence-electron chi connectivity index (χ4n) is 2.16. The van der Waals surface area contributed by atoms with Crippen molar-refractivity contribution in [3.8, 4) is 5.75 Å². The third-order valence-corrected chi connectivity index (χ3v) is 3.24. The quantitative estimate of drug-likeness (QED) is 0.827. The van der Waals surface area contributed by atoms with Crippen molar-refractivity contribution >= 4 is 0 Å². The predicted molar refractivity (Wildman–Crippen MR) is 68.3 cm³/mol. The van der Waals surface area contributed by atoms with E-state index in [1.165, 1.54) is 0 Å². The summed E-state index contributed by atoms with van der Waals surface area (Å²) in [4.78, 5) is 0. The van der Waals surface area contributed by atoms with Gasteiger partial charge in [-0.3, -0.25) is 0 Å². The zero-order valence-electron chi connectivity index (χ0n) is 10.9. The smallest absolute Gasteiger partial charge is 0.387 e. The molecular formula is C14H19F2NO2. The molecule has 1 aromatic rings. The molecule has 0 radical (unpaired) electrons. The summed E-state index contributed by atoms with van der Waals surface area (Å²) in [6.07, 6.45) is 2.48. The Balaban J connectivity index is 1.69. The van der Waals surface area contributed by atoms with Gasteiger partial charge in [-0.25, -0.2) is 0 Å². The van der Waals surface area contributed by atoms with Crippen LogP contribution in [0.2, 0.25) is 0 Å². The Morgan fingerprint density at radius 3 is 2.53 bits per heavy atom. The normalized spacial score (nSPS) is 22.3. The van der Waals surface area contributed by atoms with E-state index < -0.39 is 6.61 Å². The number of hydrogen-bond donors (Lipinski definition) is 1. The van der Waals surface area contributed by atoms with Gasteiger partial charge >= 0.3 is 6.61 Å². The lowest BCUT2D eigenvalue weighted by atomic mass is 9.89. The molecule has 0 amide bonds. The van der Waals surface area contributed by atoms with Crippen molar-refractivity contribution in [3.63, 3.8) is 0 Å². The van der Waals surface area contributed by atoms with E-state index in [-0.39, 0.29) is 5.75 Å². The second-order valence-electron chi connectivity index (χ2n) is 4.65. The Hall–Kier alpha value is -1.20. The van der Waals surface area contributed by atoms with Crippen LogP contribution in [0.5, 0.6) is 5.75 Å². The van der Waals surface area contributed by atoms with E-state index in [0.717, 1.165) is 31.6 Å². The van der Waals surface area contributed by atoms with Crippen molar-refractivity contribution in [2.45, 2.75) is 45.1 Å². The molecule has 1 aliphatic rings. The van der Waals surface area contributed by atoms with Crippen LogP contribution in [0.4, 0.5) is 8.78 Å². The van der Waals surface area contributed by atoms with Crippen LogP contribution in [0.15, 0.2) is 24.3 Å². The highest BCUT2D eigenvalue weighted by molar-refractivity contribution is 5.27. The number of hydrogen-bond acceptors (Lipinski definition) is 3. The zero-order chi connectivity index (χ0) is 13.7. The van der Waals surface area contributed by atoms with E-state index >= 15 is 0 Å². The summed E-state index contributed by atoms with van der Waals surface area (Å²) >= 11 is 0. The van der Waals surface area contributed by atoms with E-state index in [1.807, 2.05) is 6.92 Å². The molecule has 19 heavy (non-hydrogen) atoms. The average Bonchev–Trinajstić information content (AvgIpc) is 2.33. The minimum atomic E-state index is -2.77. The van der Waals surface area contributed by atoms with E-state index in [2.05, 4.69) is 10.1 Å². The highest BCUT2D eigenvalue weighted by atomic mass is 19.3. The second kappa shape index (κ2) is 6.82. The molecule has 1 fully saturated rings. The first kappa shape index (κ1) is 14.2. The molecule has 1 aliphatic carbocycles. The molecule has 0 bridgehead atoms. The molecule has 0 aliphatic heterocycles. The van der Waals surface area contributed by atoms with Crippen LogP contribution in [0.25, 0.3) is 0 Å².